The number of anilines is 1. The van der Waals surface area contributed by atoms with Crippen molar-refractivity contribution in [2.45, 2.75) is 57.0 Å². The molecule has 0 spiro atoms. The van der Waals surface area contributed by atoms with Gasteiger partial charge in [-0.3, -0.25) is 9.59 Å². The molecule has 3 amide bonds. The van der Waals surface area contributed by atoms with Gasteiger partial charge >= 0.3 is 12.3 Å². The topological polar surface area (TPSA) is 109 Å². The van der Waals surface area contributed by atoms with E-state index in [1.807, 2.05) is 6.92 Å². The molecule has 3 saturated heterocycles. The molecule has 33 heavy (non-hydrogen) atoms. The summed E-state index contributed by atoms with van der Waals surface area (Å²) in [5.74, 6) is -3.28. The van der Waals surface area contributed by atoms with Crippen LogP contribution in [0.5, 0.6) is 0 Å². The molecule has 5 atom stereocenters. The Bertz CT molecular complexity index is 1080. The van der Waals surface area contributed by atoms with E-state index in [9.17, 15) is 27.6 Å². The van der Waals surface area contributed by atoms with Crippen molar-refractivity contribution in [2.75, 3.05) is 11.5 Å². The van der Waals surface area contributed by atoms with E-state index < -0.39 is 64.3 Å². The number of ether oxygens (including phenoxy) is 2. The number of alkyl halides is 3. The molecule has 3 fully saturated rings. The highest BCUT2D eigenvalue weighted by atomic mass is 19.4. The summed E-state index contributed by atoms with van der Waals surface area (Å²) in [4.78, 5) is 39.5. The molecule has 1 aromatic rings. The molecule has 176 valence electrons. The van der Waals surface area contributed by atoms with Crippen molar-refractivity contribution in [3.05, 3.63) is 29.3 Å². The van der Waals surface area contributed by atoms with Crippen LogP contribution < -0.4 is 10.2 Å². The Hall–Kier alpha value is -3.13. The first kappa shape index (κ1) is 23.0. The first-order valence-electron chi connectivity index (χ1n) is 10.5. The maximum absolute atomic E-state index is 13.4. The standard InChI is InChI=1S/C22H22F3N3O5/c1-4-7-32-19(31)27-14-9-20(2)15-16(21(14,3)33-20)18(30)28(17(15)29)12-6-5-11(10-26)13(8-12)22(23,24)25/h5-6,8,14-16H,4,7,9H2,1-3H3,(H,27,31)/t14-,15-,16+,20+,21-/m0/s1. The van der Waals surface area contributed by atoms with Gasteiger partial charge in [0.05, 0.1) is 58.6 Å². The number of nitrogens with one attached hydrogen (secondary N) is 1. The van der Waals surface area contributed by atoms with E-state index in [-0.39, 0.29) is 18.7 Å². The molecular weight excluding hydrogens is 443 g/mol. The number of nitrogens with zero attached hydrogens (tertiary/aromatic N) is 2. The average Bonchev–Trinajstić information content (AvgIpc) is 3.26. The smallest absolute Gasteiger partial charge is 0.417 e. The number of carbonyl (C=O) groups excluding carboxylic acids is 3. The van der Waals surface area contributed by atoms with Crippen molar-refractivity contribution >= 4 is 23.6 Å². The fourth-order valence-electron chi connectivity index (χ4n) is 5.39. The third-order valence-corrected chi connectivity index (χ3v) is 6.75. The SMILES string of the molecule is CCCOC(=O)N[C@H]1C[C@@]2(C)O[C@]1(C)[C@H]1C(=O)N(c3ccc(C#N)c(C(F)(F)F)c3)C(=O)[C@H]12. The van der Waals surface area contributed by atoms with Crippen LogP contribution in [0.15, 0.2) is 18.2 Å². The number of imide groups is 1. The van der Waals surface area contributed by atoms with Crippen LogP contribution in [0.4, 0.5) is 23.7 Å². The molecule has 3 aliphatic rings. The summed E-state index contributed by atoms with van der Waals surface area (Å²) in [6, 6.07) is 3.58. The van der Waals surface area contributed by atoms with Crippen molar-refractivity contribution in [3.63, 3.8) is 0 Å². The third-order valence-electron chi connectivity index (χ3n) is 6.75. The number of benzene rings is 1. The Balaban J connectivity index is 1.68. The zero-order valence-electron chi connectivity index (χ0n) is 18.2. The Morgan fingerprint density at radius 2 is 1.97 bits per heavy atom. The van der Waals surface area contributed by atoms with Crippen LogP contribution in [0.2, 0.25) is 0 Å². The van der Waals surface area contributed by atoms with Crippen molar-refractivity contribution in [3.8, 4) is 6.07 Å². The molecule has 3 aliphatic heterocycles. The summed E-state index contributed by atoms with van der Waals surface area (Å²) < 4.78 is 51.5. The van der Waals surface area contributed by atoms with Crippen molar-refractivity contribution in [1.82, 2.24) is 5.32 Å². The molecule has 11 heteroatoms. The van der Waals surface area contributed by atoms with E-state index in [0.29, 0.717) is 12.5 Å². The highest BCUT2D eigenvalue weighted by Crippen LogP contribution is 2.61. The van der Waals surface area contributed by atoms with E-state index in [1.165, 1.54) is 6.07 Å². The van der Waals surface area contributed by atoms with Crippen LogP contribution in [-0.2, 0) is 25.2 Å². The molecule has 0 aliphatic carbocycles. The normalized spacial score (nSPS) is 32.6. The van der Waals surface area contributed by atoms with Gasteiger partial charge < -0.3 is 14.8 Å². The zero-order valence-corrected chi connectivity index (χ0v) is 18.2. The van der Waals surface area contributed by atoms with Crippen LogP contribution in [-0.4, -0.2) is 41.8 Å². The first-order chi connectivity index (χ1) is 15.4. The van der Waals surface area contributed by atoms with Crippen LogP contribution >= 0.6 is 0 Å². The number of alkyl carbamates (subject to hydrolysis) is 1. The number of halogens is 3. The average molecular weight is 465 g/mol. The zero-order chi connectivity index (χ0) is 24.3. The summed E-state index contributed by atoms with van der Waals surface area (Å²) in [6.07, 6.45) is -4.65. The number of amides is 3. The Morgan fingerprint density at radius 1 is 1.30 bits per heavy atom. The minimum atomic E-state index is -4.84. The van der Waals surface area contributed by atoms with Crippen LogP contribution in [0.3, 0.4) is 0 Å². The molecule has 0 radical (unpaired) electrons. The maximum atomic E-state index is 13.4. The molecule has 0 aromatic heterocycles. The largest absolute Gasteiger partial charge is 0.450 e. The molecule has 3 heterocycles. The predicted molar refractivity (Wildman–Crippen MR) is 107 cm³/mol. The van der Waals surface area contributed by atoms with Gasteiger partial charge in [0, 0.05) is 6.42 Å². The van der Waals surface area contributed by atoms with E-state index >= 15 is 0 Å². The molecule has 2 bridgehead atoms. The van der Waals surface area contributed by atoms with Gasteiger partial charge in [0.1, 0.15) is 0 Å². The van der Waals surface area contributed by atoms with Crippen LogP contribution in [0, 0.1) is 23.2 Å². The quantitative estimate of drug-likeness (QED) is 0.685. The number of nitriles is 1. The van der Waals surface area contributed by atoms with Gasteiger partial charge in [-0.05, 0) is 38.5 Å². The molecule has 0 saturated carbocycles. The Labute approximate surface area is 187 Å². The highest BCUT2D eigenvalue weighted by molar-refractivity contribution is 6.23. The summed E-state index contributed by atoms with van der Waals surface area (Å²) >= 11 is 0. The molecule has 1 N–H and O–H groups in total. The lowest BCUT2D eigenvalue weighted by Crippen LogP contribution is -2.56. The first-order valence-corrected chi connectivity index (χ1v) is 10.5. The van der Waals surface area contributed by atoms with E-state index in [4.69, 9.17) is 14.7 Å². The summed E-state index contributed by atoms with van der Waals surface area (Å²) in [5.41, 5.74) is -4.43. The number of hydrogen-bond donors (Lipinski definition) is 1. The monoisotopic (exact) mass is 465 g/mol. The van der Waals surface area contributed by atoms with E-state index in [2.05, 4.69) is 5.32 Å². The molecule has 0 unspecified atom stereocenters. The summed E-state index contributed by atoms with van der Waals surface area (Å²) in [7, 11) is 0. The second-order valence-corrected chi connectivity index (χ2v) is 8.94. The lowest BCUT2D eigenvalue weighted by molar-refractivity contribution is -0.138. The van der Waals surface area contributed by atoms with Crippen molar-refractivity contribution in [1.29, 1.82) is 5.26 Å². The van der Waals surface area contributed by atoms with E-state index in [1.54, 1.807) is 13.8 Å². The number of fused-ring (bicyclic) bond motifs is 5. The van der Waals surface area contributed by atoms with Gasteiger partial charge in [0.15, 0.2) is 0 Å². The molecule has 4 rings (SSSR count). The summed E-state index contributed by atoms with van der Waals surface area (Å²) in [5, 5.41) is 11.7. The van der Waals surface area contributed by atoms with Crippen LogP contribution in [0.1, 0.15) is 44.7 Å². The van der Waals surface area contributed by atoms with Crippen molar-refractivity contribution < 1.29 is 37.0 Å². The summed E-state index contributed by atoms with van der Waals surface area (Å²) in [6.45, 7) is 5.32. The Morgan fingerprint density at radius 3 is 2.58 bits per heavy atom. The van der Waals surface area contributed by atoms with Crippen LogP contribution in [0.25, 0.3) is 0 Å². The minimum absolute atomic E-state index is 0.213. The lowest BCUT2D eigenvalue weighted by Gasteiger charge is -2.35. The van der Waals surface area contributed by atoms with Gasteiger partial charge in [-0.25, -0.2) is 9.69 Å². The molecule has 1 aromatic carbocycles. The van der Waals surface area contributed by atoms with Crippen molar-refractivity contribution in [2.24, 2.45) is 11.8 Å². The van der Waals surface area contributed by atoms with Gasteiger partial charge in [-0.15, -0.1) is 0 Å². The second kappa shape index (κ2) is 7.45. The maximum Gasteiger partial charge on any atom is 0.417 e. The number of carbonyl (C=O) groups is 3. The fraction of sp³-hybridized carbons (Fsp3) is 0.545. The van der Waals surface area contributed by atoms with Gasteiger partial charge in [0.25, 0.3) is 0 Å². The number of hydrogen-bond acceptors (Lipinski definition) is 6. The highest BCUT2D eigenvalue weighted by Gasteiger charge is 2.76. The predicted octanol–water partition coefficient (Wildman–Crippen LogP) is 3.14. The van der Waals surface area contributed by atoms with E-state index in [0.717, 1.165) is 17.0 Å². The Kier molecular flexibility index (Phi) is 5.20. The molecule has 8 nitrogen and oxygen atoms in total. The van der Waals surface area contributed by atoms with Gasteiger partial charge in [-0.1, -0.05) is 6.92 Å². The molecular formula is C22H22F3N3O5. The fourth-order valence-corrected chi connectivity index (χ4v) is 5.39. The minimum Gasteiger partial charge on any atom is -0.450 e. The second-order valence-electron chi connectivity index (χ2n) is 8.94. The van der Waals surface area contributed by atoms with Gasteiger partial charge in [0.2, 0.25) is 11.8 Å². The van der Waals surface area contributed by atoms with Gasteiger partial charge in [-0.2, -0.15) is 18.4 Å². The third kappa shape index (κ3) is 3.35. The lowest BCUT2D eigenvalue weighted by atomic mass is 9.66. The number of rotatable bonds is 4.